The second-order valence-electron chi connectivity index (χ2n) is 6.85. The van der Waals surface area contributed by atoms with Gasteiger partial charge in [-0.3, -0.25) is 9.69 Å². The van der Waals surface area contributed by atoms with Gasteiger partial charge in [0.2, 0.25) is 0 Å². The van der Waals surface area contributed by atoms with Gasteiger partial charge >= 0.3 is 0 Å². The Labute approximate surface area is 156 Å². The SMILES string of the molecule is CC[C@@H](Oc1ccccc1)C(=O)NCc1cccc(CN2CCCC2)c1. The Kier molecular flexibility index (Phi) is 6.67. The molecule has 0 aromatic heterocycles. The molecular formula is C22H28N2O2. The van der Waals surface area contributed by atoms with Crippen molar-refractivity contribution in [2.45, 2.75) is 45.4 Å². The summed E-state index contributed by atoms with van der Waals surface area (Å²) in [6, 6.07) is 18.0. The van der Waals surface area contributed by atoms with E-state index in [4.69, 9.17) is 4.74 Å². The summed E-state index contributed by atoms with van der Waals surface area (Å²) in [5, 5.41) is 3.01. The molecule has 2 aromatic carbocycles. The minimum atomic E-state index is -0.467. The summed E-state index contributed by atoms with van der Waals surface area (Å²) in [6.45, 7) is 5.87. The summed E-state index contributed by atoms with van der Waals surface area (Å²) >= 11 is 0. The topological polar surface area (TPSA) is 41.6 Å². The predicted octanol–water partition coefficient (Wildman–Crippen LogP) is 3.76. The van der Waals surface area contributed by atoms with Gasteiger partial charge in [0.15, 0.2) is 6.10 Å². The lowest BCUT2D eigenvalue weighted by atomic mass is 10.1. The van der Waals surface area contributed by atoms with Crippen molar-refractivity contribution in [2.24, 2.45) is 0 Å². The van der Waals surface area contributed by atoms with Crippen molar-refractivity contribution in [1.82, 2.24) is 10.2 Å². The molecule has 1 aliphatic rings. The van der Waals surface area contributed by atoms with E-state index >= 15 is 0 Å². The largest absolute Gasteiger partial charge is 0.481 e. The average Bonchev–Trinajstić information content (AvgIpc) is 3.18. The van der Waals surface area contributed by atoms with Gasteiger partial charge in [-0.15, -0.1) is 0 Å². The Balaban J connectivity index is 1.52. The molecule has 1 N–H and O–H groups in total. The lowest BCUT2D eigenvalue weighted by molar-refractivity contribution is -0.128. The zero-order valence-electron chi connectivity index (χ0n) is 15.5. The molecule has 138 valence electrons. The third-order valence-electron chi connectivity index (χ3n) is 4.75. The van der Waals surface area contributed by atoms with Crippen molar-refractivity contribution in [3.8, 4) is 5.75 Å². The number of ether oxygens (including phenoxy) is 1. The molecule has 0 radical (unpaired) electrons. The normalized spacial score (nSPS) is 15.6. The third-order valence-corrected chi connectivity index (χ3v) is 4.75. The molecule has 26 heavy (non-hydrogen) atoms. The van der Waals surface area contributed by atoms with Crippen molar-refractivity contribution < 1.29 is 9.53 Å². The Hall–Kier alpha value is -2.33. The van der Waals surface area contributed by atoms with E-state index in [1.807, 2.05) is 37.3 Å². The fourth-order valence-electron chi connectivity index (χ4n) is 3.33. The Bertz CT molecular complexity index is 696. The van der Waals surface area contributed by atoms with Crippen LogP contribution in [0.4, 0.5) is 0 Å². The minimum absolute atomic E-state index is 0.0682. The number of benzene rings is 2. The van der Waals surface area contributed by atoms with Gasteiger partial charge in [0.05, 0.1) is 0 Å². The van der Waals surface area contributed by atoms with Crippen LogP contribution in [0, 0.1) is 0 Å². The number of hydrogen-bond donors (Lipinski definition) is 1. The number of rotatable bonds is 8. The highest BCUT2D eigenvalue weighted by Crippen LogP contribution is 2.15. The van der Waals surface area contributed by atoms with Crippen molar-refractivity contribution in [1.29, 1.82) is 0 Å². The van der Waals surface area contributed by atoms with Crippen molar-refractivity contribution >= 4 is 5.91 Å². The first-order valence-corrected chi connectivity index (χ1v) is 9.54. The monoisotopic (exact) mass is 352 g/mol. The first kappa shape index (κ1) is 18.5. The standard InChI is InChI=1S/C22H28N2O2/c1-2-21(26-20-11-4-3-5-12-20)22(25)23-16-18-9-8-10-19(15-18)17-24-13-6-7-14-24/h3-5,8-12,15,21H,2,6-7,13-14,16-17H2,1H3,(H,23,25)/t21-/m1/s1. The molecule has 1 amide bonds. The zero-order valence-corrected chi connectivity index (χ0v) is 15.5. The van der Waals surface area contributed by atoms with E-state index in [1.165, 1.54) is 31.5 Å². The molecule has 4 nitrogen and oxygen atoms in total. The van der Waals surface area contributed by atoms with Crippen LogP contribution in [-0.4, -0.2) is 30.0 Å². The van der Waals surface area contributed by atoms with Crippen molar-refractivity contribution in [3.63, 3.8) is 0 Å². The fourth-order valence-corrected chi connectivity index (χ4v) is 3.33. The maximum Gasteiger partial charge on any atom is 0.261 e. The van der Waals surface area contributed by atoms with Crippen LogP contribution in [0.1, 0.15) is 37.3 Å². The summed E-state index contributed by atoms with van der Waals surface area (Å²) in [5.74, 6) is 0.656. The number of nitrogens with zero attached hydrogens (tertiary/aromatic N) is 1. The van der Waals surface area contributed by atoms with Gasteiger partial charge in [-0.05, 0) is 55.6 Å². The molecule has 3 rings (SSSR count). The molecule has 0 spiro atoms. The second-order valence-corrected chi connectivity index (χ2v) is 6.85. The summed E-state index contributed by atoms with van der Waals surface area (Å²) in [5.41, 5.74) is 2.44. The molecule has 2 aromatic rings. The smallest absolute Gasteiger partial charge is 0.261 e. The average molecular weight is 352 g/mol. The molecule has 1 aliphatic heterocycles. The molecule has 0 bridgehead atoms. The summed E-state index contributed by atoms with van der Waals surface area (Å²) in [6.07, 6.45) is 2.77. The van der Waals surface area contributed by atoms with Gasteiger partial charge in [0.1, 0.15) is 5.75 Å². The molecule has 0 aliphatic carbocycles. The van der Waals surface area contributed by atoms with Gasteiger partial charge in [-0.25, -0.2) is 0 Å². The van der Waals surface area contributed by atoms with Gasteiger partial charge in [0, 0.05) is 13.1 Å². The maximum atomic E-state index is 12.5. The lowest BCUT2D eigenvalue weighted by Crippen LogP contribution is -2.37. The van der Waals surface area contributed by atoms with Crippen molar-refractivity contribution in [3.05, 3.63) is 65.7 Å². The van der Waals surface area contributed by atoms with E-state index < -0.39 is 6.10 Å². The minimum Gasteiger partial charge on any atom is -0.481 e. The third kappa shape index (κ3) is 5.33. The summed E-state index contributed by atoms with van der Waals surface area (Å²) in [4.78, 5) is 15.0. The van der Waals surface area contributed by atoms with Crippen LogP contribution in [0.3, 0.4) is 0 Å². The van der Waals surface area contributed by atoms with Crippen LogP contribution in [0.5, 0.6) is 5.75 Å². The Morgan fingerprint density at radius 1 is 1.08 bits per heavy atom. The molecule has 0 saturated carbocycles. The first-order chi connectivity index (χ1) is 12.7. The molecule has 1 saturated heterocycles. The molecule has 1 heterocycles. The molecule has 1 fully saturated rings. The van der Waals surface area contributed by atoms with Crippen molar-refractivity contribution in [2.75, 3.05) is 13.1 Å². The van der Waals surface area contributed by atoms with Crippen LogP contribution in [0.15, 0.2) is 54.6 Å². The fraction of sp³-hybridized carbons (Fsp3) is 0.409. The van der Waals surface area contributed by atoms with E-state index in [-0.39, 0.29) is 5.91 Å². The molecular weight excluding hydrogens is 324 g/mol. The highest BCUT2D eigenvalue weighted by Gasteiger charge is 2.18. The zero-order chi connectivity index (χ0) is 18.2. The number of para-hydroxylation sites is 1. The molecule has 4 heteroatoms. The molecule has 1 atom stereocenters. The summed E-state index contributed by atoms with van der Waals surface area (Å²) in [7, 11) is 0. The van der Waals surface area contributed by atoms with Crippen LogP contribution in [-0.2, 0) is 17.9 Å². The van der Waals surface area contributed by atoms with Crippen LogP contribution < -0.4 is 10.1 Å². The number of carbonyl (C=O) groups excluding carboxylic acids is 1. The van der Waals surface area contributed by atoms with E-state index in [9.17, 15) is 4.79 Å². The van der Waals surface area contributed by atoms with E-state index in [0.29, 0.717) is 13.0 Å². The Morgan fingerprint density at radius 2 is 1.81 bits per heavy atom. The number of amides is 1. The number of nitrogens with one attached hydrogen (secondary N) is 1. The number of likely N-dealkylation sites (tertiary alicyclic amines) is 1. The second kappa shape index (κ2) is 9.39. The van der Waals surface area contributed by atoms with E-state index in [2.05, 4.69) is 34.5 Å². The predicted molar refractivity (Wildman–Crippen MR) is 104 cm³/mol. The van der Waals surface area contributed by atoms with E-state index in [0.717, 1.165) is 17.9 Å². The van der Waals surface area contributed by atoms with Gasteiger partial charge in [-0.1, -0.05) is 49.4 Å². The lowest BCUT2D eigenvalue weighted by Gasteiger charge is -2.18. The van der Waals surface area contributed by atoms with Gasteiger partial charge < -0.3 is 10.1 Å². The first-order valence-electron chi connectivity index (χ1n) is 9.54. The maximum absolute atomic E-state index is 12.5. The number of carbonyl (C=O) groups is 1. The number of hydrogen-bond acceptors (Lipinski definition) is 3. The van der Waals surface area contributed by atoms with E-state index in [1.54, 1.807) is 0 Å². The van der Waals surface area contributed by atoms with Crippen LogP contribution in [0.25, 0.3) is 0 Å². The van der Waals surface area contributed by atoms with Gasteiger partial charge in [-0.2, -0.15) is 0 Å². The summed E-state index contributed by atoms with van der Waals surface area (Å²) < 4.78 is 5.81. The van der Waals surface area contributed by atoms with Gasteiger partial charge in [0.25, 0.3) is 5.91 Å². The highest BCUT2D eigenvalue weighted by atomic mass is 16.5. The molecule has 0 unspecified atom stereocenters. The van der Waals surface area contributed by atoms with Crippen LogP contribution >= 0.6 is 0 Å². The van der Waals surface area contributed by atoms with Crippen LogP contribution in [0.2, 0.25) is 0 Å². The highest BCUT2D eigenvalue weighted by molar-refractivity contribution is 5.81. The Morgan fingerprint density at radius 3 is 2.54 bits per heavy atom. The quantitative estimate of drug-likeness (QED) is 0.786.